The van der Waals surface area contributed by atoms with Crippen LogP contribution in [0.2, 0.25) is 0 Å². The lowest BCUT2D eigenvalue weighted by Crippen LogP contribution is -2.46. The molecular formula is C26H34N2O8S. The SMILES string of the molecule is COc1cc(OC)c(C=CS(=O)(=O)Cc2ccc(OC)c(OC(=O)CN3CCN(C)CC3)c2)c(OC)c1. The first-order chi connectivity index (χ1) is 17.7. The van der Waals surface area contributed by atoms with E-state index in [4.69, 9.17) is 23.7 Å². The smallest absolute Gasteiger partial charge is 0.325 e. The summed E-state index contributed by atoms with van der Waals surface area (Å²) in [4.78, 5) is 16.8. The van der Waals surface area contributed by atoms with Crippen molar-refractivity contribution < 1.29 is 36.9 Å². The van der Waals surface area contributed by atoms with Crippen LogP contribution in [-0.4, -0.2) is 92.4 Å². The summed E-state index contributed by atoms with van der Waals surface area (Å²) in [5, 5.41) is 1.10. The van der Waals surface area contributed by atoms with Crippen LogP contribution in [-0.2, 0) is 20.4 Å². The quantitative estimate of drug-likeness (QED) is 0.315. The van der Waals surface area contributed by atoms with Gasteiger partial charge in [0.1, 0.15) is 17.2 Å². The fraction of sp³-hybridized carbons (Fsp3) is 0.423. The highest BCUT2D eigenvalue weighted by Crippen LogP contribution is 2.35. The topological polar surface area (TPSA) is 104 Å². The lowest BCUT2D eigenvalue weighted by Gasteiger charge is -2.31. The molecule has 0 amide bonds. The van der Waals surface area contributed by atoms with Gasteiger partial charge in [0, 0.05) is 43.7 Å². The van der Waals surface area contributed by atoms with Crippen molar-refractivity contribution in [1.29, 1.82) is 0 Å². The van der Waals surface area contributed by atoms with E-state index in [0.29, 0.717) is 34.1 Å². The molecule has 0 saturated carbocycles. The molecule has 1 aliphatic rings. The second-order valence-corrected chi connectivity index (χ2v) is 10.5. The van der Waals surface area contributed by atoms with E-state index in [2.05, 4.69) is 4.90 Å². The first-order valence-corrected chi connectivity index (χ1v) is 13.4. The summed E-state index contributed by atoms with van der Waals surface area (Å²) in [7, 11) is 4.26. The minimum absolute atomic E-state index is 0.147. The van der Waals surface area contributed by atoms with E-state index in [1.54, 1.807) is 24.3 Å². The number of likely N-dealkylation sites (N-methyl/N-ethyl adjacent to an activating group) is 1. The number of hydrogen-bond donors (Lipinski definition) is 0. The van der Waals surface area contributed by atoms with Crippen LogP contribution in [0.3, 0.4) is 0 Å². The highest BCUT2D eigenvalue weighted by molar-refractivity contribution is 7.93. The number of methoxy groups -OCH3 is 4. The lowest BCUT2D eigenvalue weighted by molar-refractivity contribution is -0.136. The molecule has 1 heterocycles. The number of carbonyl (C=O) groups excluding carboxylic acids is 1. The molecule has 10 nitrogen and oxygen atoms in total. The number of hydrogen-bond acceptors (Lipinski definition) is 10. The first kappa shape index (κ1) is 28.3. The van der Waals surface area contributed by atoms with Crippen molar-refractivity contribution in [2.75, 3.05) is 68.2 Å². The molecule has 1 aliphatic heterocycles. The molecule has 0 unspecified atom stereocenters. The Balaban J connectivity index is 1.75. The number of piperazine rings is 1. The molecule has 0 aliphatic carbocycles. The molecular weight excluding hydrogens is 500 g/mol. The summed E-state index contributed by atoms with van der Waals surface area (Å²) in [5.41, 5.74) is 0.907. The Morgan fingerprint density at radius 2 is 1.49 bits per heavy atom. The van der Waals surface area contributed by atoms with Gasteiger partial charge in [0.15, 0.2) is 21.3 Å². The molecule has 3 rings (SSSR count). The molecule has 2 aromatic carbocycles. The third kappa shape index (κ3) is 7.85. The largest absolute Gasteiger partial charge is 0.496 e. The van der Waals surface area contributed by atoms with Crippen molar-refractivity contribution in [2.45, 2.75) is 5.75 Å². The van der Waals surface area contributed by atoms with Gasteiger partial charge in [-0.25, -0.2) is 8.42 Å². The summed E-state index contributed by atoms with van der Waals surface area (Å²) in [6, 6.07) is 8.00. The molecule has 0 radical (unpaired) electrons. The molecule has 0 bridgehead atoms. The minimum Gasteiger partial charge on any atom is -0.496 e. The average Bonchev–Trinajstić information content (AvgIpc) is 2.88. The standard InChI is InChI=1S/C26H34N2O8S/c1-27-9-11-28(12-10-27)17-26(29)36-25-14-19(6-7-22(25)33-3)18-37(30,31)13-8-21-23(34-4)15-20(32-2)16-24(21)35-5/h6-8,13-16H,9-12,17-18H2,1-5H3. The van der Waals surface area contributed by atoms with Crippen molar-refractivity contribution in [1.82, 2.24) is 9.80 Å². The maximum atomic E-state index is 12.9. The molecule has 0 spiro atoms. The lowest BCUT2D eigenvalue weighted by atomic mass is 10.1. The summed E-state index contributed by atoms with van der Waals surface area (Å²) < 4.78 is 52.7. The molecule has 0 aromatic heterocycles. The number of rotatable bonds is 11. The van der Waals surface area contributed by atoms with Crippen molar-refractivity contribution in [3.05, 3.63) is 46.9 Å². The Morgan fingerprint density at radius 3 is 2.05 bits per heavy atom. The van der Waals surface area contributed by atoms with E-state index in [0.717, 1.165) is 31.6 Å². The van der Waals surface area contributed by atoms with Gasteiger partial charge < -0.3 is 28.6 Å². The van der Waals surface area contributed by atoms with Gasteiger partial charge in [-0.3, -0.25) is 9.69 Å². The zero-order chi connectivity index (χ0) is 27.0. The Kier molecular flexibility index (Phi) is 9.79. The van der Waals surface area contributed by atoms with Gasteiger partial charge in [-0.2, -0.15) is 0 Å². The van der Waals surface area contributed by atoms with E-state index in [1.807, 2.05) is 11.9 Å². The van der Waals surface area contributed by atoms with Gasteiger partial charge in [-0.1, -0.05) is 6.07 Å². The van der Waals surface area contributed by atoms with Gasteiger partial charge in [0.2, 0.25) is 0 Å². The summed E-state index contributed by atoms with van der Waals surface area (Å²) in [6.45, 7) is 3.46. The van der Waals surface area contributed by atoms with Crippen LogP contribution in [0, 0.1) is 0 Å². The van der Waals surface area contributed by atoms with Crippen LogP contribution in [0.5, 0.6) is 28.7 Å². The molecule has 11 heteroatoms. The number of sulfone groups is 1. The number of ether oxygens (including phenoxy) is 5. The Hall–Kier alpha value is -3.28. The Labute approximate surface area is 218 Å². The van der Waals surface area contributed by atoms with Crippen LogP contribution in [0.1, 0.15) is 11.1 Å². The van der Waals surface area contributed by atoms with Gasteiger partial charge in [-0.05, 0) is 30.8 Å². The summed E-state index contributed by atoms with van der Waals surface area (Å²) >= 11 is 0. The van der Waals surface area contributed by atoms with Crippen LogP contribution < -0.4 is 23.7 Å². The highest BCUT2D eigenvalue weighted by Gasteiger charge is 2.20. The third-order valence-electron chi connectivity index (χ3n) is 5.96. The van der Waals surface area contributed by atoms with Crippen molar-refractivity contribution in [2.24, 2.45) is 0 Å². The van der Waals surface area contributed by atoms with E-state index < -0.39 is 15.8 Å². The summed E-state index contributed by atoms with van der Waals surface area (Å²) in [5.74, 6) is 1.11. The zero-order valence-electron chi connectivity index (χ0n) is 21.9. The normalized spacial score (nSPS) is 14.9. The number of esters is 1. The van der Waals surface area contributed by atoms with Crippen LogP contribution in [0.15, 0.2) is 35.7 Å². The number of nitrogens with zero attached hydrogens (tertiary/aromatic N) is 2. The average molecular weight is 535 g/mol. The second-order valence-electron chi connectivity index (χ2n) is 8.59. The molecule has 2 aromatic rings. The van der Waals surface area contributed by atoms with Gasteiger partial charge >= 0.3 is 5.97 Å². The second kappa shape index (κ2) is 12.8. The Bertz CT molecular complexity index is 1200. The minimum atomic E-state index is -3.71. The molecule has 37 heavy (non-hydrogen) atoms. The fourth-order valence-corrected chi connectivity index (χ4v) is 4.97. The van der Waals surface area contributed by atoms with Crippen molar-refractivity contribution in [3.63, 3.8) is 0 Å². The predicted octanol–water partition coefficient (Wildman–Crippen LogP) is 2.46. The molecule has 0 atom stereocenters. The number of carbonyl (C=O) groups is 1. The van der Waals surface area contributed by atoms with Crippen LogP contribution >= 0.6 is 0 Å². The van der Waals surface area contributed by atoms with Crippen molar-refractivity contribution >= 4 is 21.9 Å². The monoisotopic (exact) mass is 534 g/mol. The van der Waals surface area contributed by atoms with E-state index in [-0.39, 0.29) is 18.0 Å². The third-order valence-corrected chi connectivity index (χ3v) is 7.25. The molecule has 202 valence electrons. The van der Waals surface area contributed by atoms with Gasteiger partial charge in [0.05, 0.1) is 46.3 Å². The summed E-state index contributed by atoms with van der Waals surface area (Å²) in [6.07, 6.45) is 1.42. The van der Waals surface area contributed by atoms with Crippen LogP contribution in [0.4, 0.5) is 0 Å². The molecule has 0 N–H and O–H groups in total. The first-order valence-electron chi connectivity index (χ1n) is 11.7. The molecule has 1 fully saturated rings. The number of benzene rings is 2. The maximum Gasteiger partial charge on any atom is 0.325 e. The zero-order valence-corrected chi connectivity index (χ0v) is 22.7. The fourth-order valence-electron chi connectivity index (χ4n) is 3.88. The Morgan fingerprint density at radius 1 is 0.865 bits per heavy atom. The predicted molar refractivity (Wildman–Crippen MR) is 140 cm³/mol. The van der Waals surface area contributed by atoms with E-state index in [9.17, 15) is 13.2 Å². The molecule has 1 saturated heterocycles. The van der Waals surface area contributed by atoms with E-state index in [1.165, 1.54) is 40.6 Å². The van der Waals surface area contributed by atoms with Gasteiger partial charge in [-0.15, -0.1) is 0 Å². The van der Waals surface area contributed by atoms with Crippen molar-refractivity contribution in [3.8, 4) is 28.7 Å². The maximum absolute atomic E-state index is 12.9. The van der Waals surface area contributed by atoms with Gasteiger partial charge in [0.25, 0.3) is 0 Å². The van der Waals surface area contributed by atoms with Crippen LogP contribution in [0.25, 0.3) is 6.08 Å². The highest BCUT2D eigenvalue weighted by atomic mass is 32.2. The van der Waals surface area contributed by atoms with E-state index >= 15 is 0 Å².